The molecule has 0 aliphatic carbocycles. The molecule has 0 atom stereocenters. The molecular formula is C60H40N2O. The van der Waals surface area contributed by atoms with E-state index >= 15 is 0 Å². The van der Waals surface area contributed by atoms with Crippen molar-refractivity contribution in [3.05, 3.63) is 243 Å². The number of hydrogen-bond acceptors (Lipinski definition) is 2. The quantitative estimate of drug-likeness (QED) is 0.153. The summed E-state index contributed by atoms with van der Waals surface area (Å²) >= 11 is 0. The molecule has 0 radical (unpaired) electrons. The molecule has 296 valence electrons. The fraction of sp³-hybridized carbons (Fsp3) is 0. The molecule has 2 heterocycles. The third-order valence-electron chi connectivity index (χ3n) is 12.5. The highest BCUT2D eigenvalue weighted by atomic mass is 16.3. The Labute approximate surface area is 366 Å². The van der Waals surface area contributed by atoms with E-state index in [-0.39, 0.29) is 0 Å². The van der Waals surface area contributed by atoms with Crippen LogP contribution in [0.5, 0.6) is 0 Å². The van der Waals surface area contributed by atoms with Crippen LogP contribution in [0.25, 0.3) is 93.9 Å². The first-order valence-electron chi connectivity index (χ1n) is 21.5. The topological polar surface area (TPSA) is 21.3 Å². The Morgan fingerprint density at radius 3 is 1.38 bits per heavy atom. The Morgan fingerprint density at radius 1 is 0.286 bits per heavy atom. The van der Waals surface area contributed by atoms with E-state index in [2.05, 4.69) is 240 Å². The highest BCUT2D eigenvalue weighted by Gasteiger charge is 2.19. The van der Waals surface area contributed by atoms with Crippen molar-refractivity contribution >= 4 is 60.8 Å². The van der Waals surface area contributed by atoms with Gasteiger partial charge in [-0.3, -0.25) is 0 Å². The Balaban J connectivity index is 0.944. The third kappa shape index (κ3) is 6.29. The van der Waals surface area contributed by atoms with Gasteiger partial charge in [0.15, 0.2) is 0 Å². The number of nitrogens with zero attached hydrogens (tertiary/aromatic N) is 2. The van der Waals surface area contributed by atoms with E-state index in [0.717, 1.165) is 72.5 Å². The van der Waals surface area contributed by atoms with Crippen LogP contribution in [0.15, 0.2) is 247 Å². The first kappa shape index (κ1) is 36.5. The van der Waals surface area contributed by atoms with Gasteiger partial charge in [0.25, 0.3) is 0 Å². The van der Waals surface area contributed by atoms with E-state index in [1.54, 1.807) is 0 Å². The van der Waals surface area contributed by atoms with Crippen molar-refractivity contribution in [2.24, 2.45) is 0 Å². The second-order valence-electron chi connectivity index (χ2n) is 16.1. The van der Waals surface area contributed by atoms with Crippen molar-refractivity contribution in [1.82, 2.24) is 4.57 Å². The van der Waals surface area contributed by atoms with Gasteiger partial charge in [-0.25, -0.2) is 0 Å². The Hall–Kier alpha value is -8.40. The summed E-state index contributed by atoms with van der Waals surface area (Å²) < 4.78 is 8.91. The number of anilines is 3. The SMILES string of the molecule is c1ccc(-c2ccc(N(c3ccc(-c4ccccc4-c4cccc5c4oc4ccccc45)cc3)c3ccc(-c4ccccc4-n4c5ccccc5c5ccccc54)cc3)cc2)cc1. The predicted molar refractivity (Wildman–Crippen MR) is 264 cm³/mol. The number of hydrogen-bond donors (Lipinski definition) is 0. The molecule has 0 aliphatic heterocycles. The molecule has 3 nitrogen and oxygen atoms in total. The second kappa shape index (κ2) is 15.3. The van der Waals surface area contributed by atoms with Crippen molar-refractivity contribution in [1.29, 1.82) is 0 Å². The average Bonchev–Trinajstić information content (AvgIpc) is 3.91. The van der Waals surface area contributed by atoms with Gasteiger partial charge in [0.2, 0.25) is 0 Å². The van der Waals surface area contributed by atoms with Crippen LogP contribution < -0.4 is 4.90 Å². The Morgan fingerprint density at radius 2 is 0.730 bits per heavy atom. The van der Waals surface area contributed by atoms with Gasteiger partial charge in [-0.1, -0.05) is 182 Å². The maximum atomic E-state index is 6.50. The number of fused-ring (bicyclic) bond motifs is 6. The second-order valence-corrected chi connectivity index (χ2v) is 16.1. The molecule has 12 rings (SSSR count). The summed E-state index contributed by atoms with van der Waals surface area (Å²) in [6, 6.07) is 87.0. The largest absolute Gasteiger partial charge is 0.455 e. The molecule has 10 aromatic carbocycles. The van der Waals surface area contributed by atoms with Crippen LogP contribution >= 0.6 is 0 Å². The molecule has 0 saturated carbocycles. The standard InChI is InChI=1S/C60H40N2O/c1-2-15-41(16-3-1)42-29-35-45(36-30-42)61(46-37-31-43(32-38-46)48-17-4-5-19-50(48)54-23-14-24-55-53-22-9-13-28-59(53)63-60(54)55)47-39-33-44(34-40-47)49-18-6-10-25-56(49)62-57-26-11-7-20-51(57)52-21-8-12-27-58(52)62/h1-40H. The van der Waals surface area contributed by atoms with Crippen molar-refractivity contribution < 1.29 is 4.42 Å². The summed E-state index contributed by atoms with van der Waals surface area (Å²) in [5.41, 5.74) is 17.8. The van der Waals surface area contributed by atoms with Crippen LogP contribution in [-0.2, 0) is 0 Å². The molecule has 2 aromatic heterocycles. The van der Waals surface area contributed by atoms with Crippen LogP contribution in [0.1, 0.15) is 0 Å². The fourth-order valence-electron chi connectivity index (χ4n) is 9.48. The summed E-state index contributed by atoms with van der Waals surface area (Å²) in [6.07, 6.45) is 0. The lowest BCUT2D eigenvalue weighted by Crippen LogP contribution is -2.10. The lowest BCUT2D eigenvalue weighted by atomic mass is 9.93. The van der Waals surface area contributed by atoms with Gasteiger partial charge in [0.05, 0.1) is 16.7 Å². The summed E-state index contributed by atoms with van der Waals surface area (Å²) in [5, 5.41) is 4.77. The van der Waals surface area contributed by atoms with E-state index in [4.69, 9.17) is 4.42 Å². The molecule has 0 amide bonds. The fourth-order valence-corrected chi connectivity index (χ4v) is 9.48. The van der Waals surface area contributed by atoms with Crippen molar-refractivity contribution in [3.8, 4) is 50.2 Å². The normalized spacial score (nSPS) is 11.5. The summed E-state index contributed by atoms with van der Waals surface area (Å²) in [6.45, 7) is 0. The van der Waals surface area contributed by atoms with E-state index in [9.17, 15) is 0 Å². The molecule has 12 aromatic rings. The maximum absolute atomic E-state index is 6.50. The summed E-state index contributed by atoms with van der Waals surface area (Å²) in [7, 11) is 0. The maximum Gasteiger partial charge on any atom is 0.143 e. The van der Waals surface area contributed by atoms with Crippen molar-refractivity contribution in [2.75, 3.05) is 4.90 Å². The van der Waals surface area contributed by atoms with Gasteiger partial charge in [-0.05, 0) is 94.0 Å². The van der Waals surface area contributed by atoms with Gasteiger partial charge < -0.3 is 13.9 Å². The lowest BCUT2D eigenvalue weighted by molar-refractivity contribution is 0.670. The van der Waals surface area contributed by atoms with Crippen LogP contribution in [0, 0.1) is 0 Å². The monoisotopic (exact) mass is 804 g/mol. The van der Waals surface area contributed by atoms with Crippen LogP contribution in [0.4, 0.5) is 17.1 Å². The molecule has 0 bridgehead atoms. The minimum absolute atomic E-state index is 0.902. The smallest absolute Gasteiger partial charge is 0.143 e. The molecule has 0 aliphatic rings. The van der Waals surface area contributed by atoms with Crippen LogP contribution in [0.2, 0.25) is 0 Å². The Bertz CT molecular complexity index is 3550. The molecular weight excluding hydrogens is 765 g/mol. The van der Waals surface area contributed by atoms with E-state index in [1.807, 2.05) is 12.1 Å². The zero-order chi connectivity index (χ0) is 41.7. The molecule has 0 spiro atoms. The van der Waals surface area contributed by atoms with E-state index in [1.165, 1.54) is 38.5 Å². The van der Waals surface area contributed by atoms with Crippen molar-refractivity contribution in [2.45, 2.75) is 0 Å². The van der Waals surface area contributed by atoms with Gasteiger partial charge >= 0.3 is 0 Å². The minimum atomic E-state index is 0.902. The summed E-state index contributed by atoms with van der Waals surface area (Å²) in [4.78, 5) is 2.35. The van der Waals surface area contributed by atoms with Crippen molar-refractivity contribution in [3.63, 3.8) is 0 Å². The number of aromatic nitrogens is 1. The Kier molecular flexibility index (Phi) is 8.83. The lowest BCUT2D eigenvalue weighted by Gasteiger charge is -2.26. The molecule has 0 saturated heterocycles. The first-order chi connectivity index (χ1) is 31.3. The molecule has 3 heteroatoms. The number of para-hydroxylation sites is 5. The van der Waals surface area contributed by atoms with E-state index in [0.29, 0.717) is 0 Å². The van der Waals surface area contributed by atoms with Crippen LogP contribution in [0.3, 0.4) is 0 Å². The highest BCUT2D eigenvalue weighted by Crippen LogP contribution is 2.43. The van der Waals surface area contributed by atoms with Gasteiger partial charge in [0.1, 0.15) is 11.2 Å². The molecule has 0 unspecified atom stereocenters. The predicted octanol–water partition coefficient (Wildman–Crippen LogP) is 16.8. The number of rotatable bonds is 8. The van der Waals surface area contributed by atoms with Crippen LogP contribution in [-0.4, -0.2) is 4.57 Å². The first-order valence-corrected chi connectivity index (χ1v) is 21.5. The third-order valence-corrected chi connectivity index (χ3v) is 12.5. The van der Waals surface area contributed by atoms with E-state index < -0.39 is 0 Å². The summed E-state index contributed by atoms with van der Waals surface area (Å²) in [5.74, 6) is 0. The number of furan rings is 1. The molecule has 0 N–H and O–H groups in total. The number of benzene rings is 10. The zero-order valence-corrected chi connectivity index (χ0v) is 34.4. The molecule has 63 heavy (non-hydrogen) atoms. The van der Waals surface area contributed by atoms with Gasteiger partial charge in [-0.2, -0.15) is 0 Å². The molecule has 0 fully saturated rings. The minimum Gasteiger partial charge on any atom is -0.455 e. The zero-order valence-electron chi connectivity index (χ0n) is 34.4. The average molecular weight is 805 g/mol. The van der Waals surface area contributed by atoms with Gasteiger partial charge in [0, 0.05) is 49.7 Å². The highest BCUT2D eigenvalue weighted by molar-refractivity contribution is 6.11. The van der Waals surface area contributed by atoms with Gasteiger partial charge in [-0.15, -0.1) is 0 Å².